The number of halogens is 1. The van der Waals surface area contributed by atoms with Gasteiger partial charge in [0.15, 0.2) is 12.7 Å². The molecule has 0 aliphatic carbocycles. The van der Waals surface area contributed by atoms with Gasteiger partial charge >= 0.3 is 0 Å². The highest BCUT2D eigenvalue weighted by Crippen LogP contribution is 2.33. The van der Waals surface area contributed by atoms with Crippen LogP contribution >= 0.6 is 11.6 Å². The van der Waals surface area contributed by atoms with Gasteiger partial charge in [-0.15, -0.1) is 0 Å². The summed E-state index contributed by atoms with van der Waals surface area (Å²) in [6, 6.07) is 13.9. The molecule has 3 rings (SSSR count). The number of ether oxygens (including phenoxy) is 2. The molecule has 1 unspecified atom stereocenters. The molecule has 0 radical (unpaired) electrons. The van der Waals surface area contributed by atoms with Crippen LogP contribution in [0.3, 0.4) is 0 Å². The largest absolute Gasteiger partial charge is 0.484 e. The van der Waals surface area contributed by atoms with Crippen molar-refractivity contribution in [3.8, 4) is 11.5 Å². The Hall–Kier alpha value is -2.73. The third kappa shape index (κ3) is 3.85. The molecule has 1 atom stereocenters. The summed E-state index contributed by atoms with van der Waals surface area (Å²) < 4.78 is 11.2. The molecule has 2 aromatic rings. The van der Waals surface area contributed by atoms with Crippen molar-refractivity contribution >= 4 is 29.1 Å². The molecule has 0 aromatic heterocycles. The highest BCUT2D eigenvalue weighted by Gasteiger charge is 2.33. The SMILES string of the molecule is CNC(=O)C1CN(C(=O)COc2ccc(Cl)cc2)c2ccccc2O1. The summed E-state index contributed by atoms with van der Waals surface area (Å²) in [6.07, 6.45) is -0.764. The Morgan fingerprint density at radius 3 is 2.68 bits per heavy atom. The van der Waals surface area contributed by atoms with E-state index in [0.29, 0.717) is 22.2 Å². The molecule has 130 valence electrons. The number of benzene rings is 2. The van der Waals surface area contributed by atoms with Gasteiger partial charge in [-0.3, -0.25) is 9.59 Å². The number of nitrogens with zero attached hydrogens (tertiary/aromatic N) is 1. The summed E-state index contributed by atoms with van der Waals surface area (Å²) in [5.74, 6) is 0.481. The first kappa shape index (κ1) is 17.1. The molecule has 1 aliphatic rings. The van der Waals surface area contributed by atoms with E-state index in [4.69, 9.17) is 21.1 Å². The Morgan fingerprint density at radius 1 is 1.24 bits per heavy atom. The van der Waals surface area contributed by atoms with Crippen LogP contribution in [0, 0.1) is 0 Å². The average molecular weight is 361 g/mol. The first-order chi connectivity index (χ1) is 12.1. The van der Waals surface area contributed by atoms with Crippen molar-refractivity contribution < 1.29 is 19.1 Å². The van der Waals surface area contributed by atoms with Crippen LogP contribution in [-0.2, 0) is 9.59 Å². The maximum Gasteiger partial charge on any atom is 0.265 e. The van der Waals surface area contributed by atoms with Crippen LogP contribution in [0.4, 0.5) is 5.69 Å². The molecule has 0 saturated heterocycles. The highest BCUT2D eigenvalue weighted by atomic mass is 35.5. The summed E-state index contributed by atoms with van der Waals surface area (Å²) in [4.78, 5) is 26.1. The number of para-hydroxylation sites is 2. The molecule has 0 bridgehead atoms. The van der Waals surface area contributed by atoms with Crippen LogP contribution in [0.5, 0.6) is 11.5 Å². The van der Waals surface area contributed by atoms with Crippen molar-refractivity contribution in [1.82, 2.24) is 5.32 Å². The van der Waals surface area contributed by atoms with E-state index in [1.165, 1.54) is 11.9 Å². The van der Waals surface area contributed by atoms with Gasteiger partial charge in [0.2, 0.25) is 0 Å². The molecule has 25 heavy (non-hydrogen) atoms. The Morgan fingerprint density at radius 2 is 1.96 bits per heavy atom. The van der Waals surface area contributed by atoms with Crippen molar-refractivity contribution in [3.05, 3.63) is 53.6 Å². The number of anilines is 1. The Kier molecular flexibility index (Phi) is 5.09. The molecule has 0 saturated carbocycles. The number of rotatable bonds is 4. The second-order valence-electron chi connectivity index (χ2n) is 5.44. The number of likely N-dealkylation sites (N-methyl/N-ethyl adjacent to an activating group) is 1. The van der Waals surface area contributed by atoms with E-state index in [9.17, 15) is 9.59 Å². The third-order valence-electron chi connectivity index (χ3n) is 3.79. The van der Waals surface area contributed by atoms with Gasteiger partial charge in [-0.2, -0.15) is 0 Å². The van der Waals surface area contributed by atoms with E-state index < -0.39 is 6.10 Å². The van der Waals surface area contributed by atoms with Crippen molar-refractivity contribution in [2.45, 2.75) is 6.10 Å². The molecular formula is C18H17ClN2O4. The van der Waals surface area contributed by atoms with Gasteiger partial charge in [0.25, 0.3) is 11.8 Å². The van der Waals surface area contributed by atoms with Crippen LogP contribution < -0.4 is 19.7 Å². The Balaban J connectivity index is 1.75. The van der Waals surface area contributed by atoms with Crippen LogP contribution in [-0.4, -0.2) is 38.1 Å². The van der Waals surface area contributed by atoms with E-state index in [2.05, 4.69) is 5.32 Å². The van der Waals surface area contributed by atoms with Gasteiger partial charge in [0.1, 0.15) is 11.5 Å². The van der Waals surface area contributed by atoms with Gasteiger partial charge in [0.05, 0.1) is 12.2 Å². The minimum Gasteiger partial charge on any atom is -0.484 e. The fourth-order valence-corrected chi connectivity index (χ4v) is 2.65. The fraction of sp³-hybridized carbons (Fsp3) is 0.222. The molecule has 2 amide bonds. The lowest BCUT2D eigenvalue weighted by molar-refractivity contribution is -0.128. The van der Waals surface area contributed by atoms with E-state index in [1.807, 2.05) is 6.07 Å². The van der Waals surface area contributed by atoms with Crippen LogP contribution in [0.25, 0.3) is 0 Å². The zero-order valence-electron chi connectivity index (χ0n) is 13.6. The smallest absolute Gasteiger partial charge is 0.265 e. The molecule has 6 nitrogen and oxygen atoms in total. The predicted molar refractivity (Wildman–Crippen MR) is 94.2 cm³/mol. The summed E-state index contributed by atoms with van der Waals surface area (Å²) in [7, 11) is 1.53. The van der Waals surface area contributed by atoms with Crippen molar-refractivity contribution in [1.29, 1.82) is 0 Å². The number of amides is 2. The van der Waals surface area contributed by atoms with Crippen molar-refractivity contribution in [2.75, 3.05) is 25.1 Å². The summed E-state index contributed by atoms with van der Waals surface area (Å²) in [6.45, 7) is -0.0318. The first-order valence-electron chi connectivity index (χ1n) is 7.74. The molecule has 1 heterocycles. The quantitative estimate of drug-likeness (QED) is 0.908. The number of hydrogen-bond donors (Lipinski definition) is 1. The second-order valence-corrected chi connectivity index (χ2v) is 5.87. The van der Waals surface area contributed by atoms with Crippen molar-refractivity contribution in [3.63, 3.8) is 0 Å². The molecular weight excluding hydrogens is 344 g/mol. The minimum atomic E-state index is -0.764. The predicted octanol–water partition coefficient (Wildman–Crippen LogP) is 2.26. The van der Waals surface area contributed by atoms with Gasteiger partial charge in [-0.1, -0.05) is 23.7 Å². The van der Waals surface area contributed by atoms with E-state index >= 15 is 0 Å². The lowest BCUT2D eigenvalue weighted by Gasteiger charge is -2.33. The molecule has 0 spiro atoms. The lowest BCUT2D eigenvalue weighted by Crippen LogP contribution is -2.51. The molecule has 1 aliphatic heterocycles. The Bertz CT molecular complexity index is 779. The number of hydrogen-bond acceptors (Lipinski definition) is 4. The number of nitrogens with one attached hydrogen (secondary N) is 1. The zero-order valence-corrected chi connectivity index (χ0v) is 14.3. The Labute approximate surface area is 150 Å². The van der Waals surface area contributed by atoms with Crippen LogP contribution in [0.15, 0.2) is 48.5 Å². The normalized spacial score (nSPS) is 15.8. The number of fused-ring (bicyclic) bond motifs is 1. The summed E-state index contributed by atoms with van der Waals surface area (Å²) in [5, 5.41) is 3.13. The first-order valence-corrected chi connectivity index (χ1v) is 8.12. The molecule has 1 N–H and O–H groups in total. The fourth-order valence-electron chi connectivity index (χ4n) is 2.52. The maximum absolute atomic E-state index is 12.6. The summed E-state index contributed by atoms with van der Waals surface area (Å²) in [5.41, 5.74) is 0.618. The molecule has 7 heteroatoms. The molecule has 0 fully saturated rings. The minimum absolute atomic E-state index is 0.125. The van der Waals surface area contributed by atoms with E-state index in [0.717, 1.165) is 0 Å². The van der Waals surface area contributed by atoms with Crippen LogP contribution in [0.1, 0.15) is 0 Å². The van der Waals surface area contributed by atoms with Gasteiger partial charge in [-0.25, -0.2) is 0 Å². The number of carbonyl (C=O) groups is 2. The number of carbonyl (C=O) groups excluding carboxylic acids is 2. The lowest BCUT2D eigenvalue weighted by atomic mass is 10.1. The topological polar surface area (TPSA) is 67.9 Å². The van der Waals surface area contributed by atoms with E-state index in [-0.39, 0.29) is 25.0 Å². The van der Waals surface area contributed by atoms with Gasteiger partial charge < -0.3 is 19.7 Å². The zero-order chi connectivity index (χ0) is 17.8. The molecule has 2 aromatic carbocycles. The third-order valence-corrected chi connectivity index (χ3v) is 4.04. The standard InChI is InChI=1S/C18H17ClN2O4/c1-20-18(23)16-10-21(14-4-2-3-5-15(14)25-16)17(22)11-24-13-8-6-12(19)7-9-13/h2-9,16H,10-11H2,1H3,(H,20,23). The van der Waals surface area contributed by atoms with Gasteiger partial charge in [0, 0.05) is 12.1 Å². The van der Waals surface area contributed by atoms with Crippen molar-refractivity contribution in [2.24, 2.45) is 0 Å². The highest BCUT2D eigenvalue weighted by molar-refractivity contribution is 6.30. The summed E-state index contributed by atoms with van der Waals surface area (Å²) >= 11 is 5.83. The van der Waals surface area contributed by atoms with Crippen LogP contribution in [0.2, 0.25) is 5.02 Å². The average Bonchev–Trinajstić information content (AvgIpc) is 2.65. The van der Waals surface area contributed by atoms with E-state index in [1.54, 1.807) is 42.5 Å². The van der Waals surface area contributed by atoms with Gasteiger partial charge in [-0.05, 0) is 36.4 Å². The second kappa shape index (κ2) is 7.44. The monoisotopic (exact) mass is 360 g/mol. The maximum atomic E-state index is 12.6.